The maximum absolute atomic E-state index is 12.5. The minimum absolute atomic E-state index is 0.156. The van der Waals surface area contributed by atoms with Crippen molar-refractivity contribution in [1.29, 1.82) is 0 Å². The lowest BCUT2D eigenvalue weighted by Gasteiger charge is -2.05. The highest BCUT2D eigenvalue weighted by molar-refractivity contribution is 7.16. The lowest BCUT2D eigenvalue weighted by Crippen LogP contribution is -2.12. The largest absolute Gasteiger partial charge is 0.452 e. The summed E-state index contributed by atoms with van der Waals surface area (Å²) in [4.78, 5) is 29.0. The summed E-state index contributed by atoms with van der Waals surface area (Å²) >= 11 is 7.28. The predicted octanol–water partition coefficient (Wildman–Crippen LogP) is 4.38. The molecule has 0 radical (unpaired) electrons. The van der Waals surface area contributed by atoms with E-state index in [4.69, 9.17) is 20.9 Å². The molecule has 1 aromatic carbocycles. The first-order valence-electron chi connectivity index (χ1n) is 7.98. The van der Waals surface area contributed by atoms with E-state index >= 15 is 0 Å². The van der Waals surface area contributed by atoms with Crippen LogP contribution in [0.4, 0.5) is 5.00 Å². The number of nitrogens with one attached hydrogen (secondary N) is 1. The first-order chi connectivity index (χ1) is 12.8. The Labute approximate surface area is 164 Å². The van der Waals surface area contributed by atoms with Crippen molar-refractivity contribution in [3.8, 4) is 11.4 Å². The highest BCUT2D eigenvalue weighted by Gasteiger charge is 2.22. The lowest BCUT2D eigenvalue weighted by atomic mass is 10.1. The Morgan fingerprint density at radius 3 is 2.81 bits per heavy atom. The number of benzene rings is 1. The zero-order valence-electron chi connectivity index (χ0n) is 14.8. The van der Waals surface area contributed by atoms with Crippen molar-refractivity contribution in [2.24, 2.45) is 0 Å². The van der Waals surface area contributed by atoms with Crippen LogP contribution in [0.15, 0.2) is 28.8 Å². The summed E-state index contributed by atoms with van der Waals surface area (Å²) in [5, 5.41) is 7.55. The van der Waals surface area contributed by atoms with Crippen LogP contribution in [-0.2, 0) is 16.1 Å². The second-order valence-corrected chi connectivity index (χ2v) is 7.43. The minimum atomic E-state index is -0.567. The fourth-order valence-electron chi connectivity index (χ4n) is 2.38. The summed E-state index contributed by atoms with van der Waals surface area (Å²) in [5.74, 6) is -0.314. The fourth-order valence-corrected chi connectivity index (χ4v) is 3.66. The smallest absolute Gasteiger partial charge is 0.341 e. The quantitative estimate of drug-likeness (QED) is 0.633. The van der Waals surface area contributed by atoms with Crippen molar-refractivity contribution in [3.05, 3.63) is 51.2 Å². The number of rotatable bonds is 5. The average Bonchev–Trinajstić information content (AvgIpc) is 3.18. The SMILES string of the molecule is CC(=O)Nc1sc(C)c(C)c1C(=O)OCc1nc(-c2cccc(Cl)c2)no1. The van der Waals surface area contributed by atoms with E-state index in [0.717, 1.165) is 10.4 Å². The van der Waals surface area contributed by atoms with E-state index in [1.165, 1.54) is 18.3 Å². The van der Waals surface area contributed by atoms with Crippen LogP contribution in [0.3, 0.4) is 0 Å². The molecule has 0 aliphatic carbocycles. The van der Waals surface area contributed by atoms with Crippen LogP contribution >= 0.6 is 22.9 Å². The van der Waals surface area contributed by atoms with Crippen LogP contribution < -0.4 is 5.32 Å². The topological polar surface area (TPSA) is 94.3 Å². The predicted molar refractivity (Wildman–Crippen MR) is 102 cm³/mol. The highest BCUT2D eigenvalue weighted by atomic mass is 35.5. The second kappa shape index (κ2) is 7.89. The van der Waals surface area contributed by atoms with Crippen LogP contribution in [0.2, 0.25) is 5.02 Å². The second-order valence-electron chi connectivity index (χ2n) is 5.77. The van der Waals surface area contributed by atoms with Crippen molar-refractivity contribution >= 4 is 39.8 Å². The number of amides is 1. The molecule has 0 saturated heterocycles. The van der Waals surface area contributed by atoms with Gasteiger partial charge in [-0.15, -0.1) is 11.3 Å². The molecule has 1 amide bonds. The molecule has 0 bridgehead atoms. The number of carbonyl (C=O) groups is 2. The van der Waals surface area contributed by atoms with Gasteiger partial charge in [-0.25, -0.2) is 4.79 Å². The van der Waals surface area contributed by atoms with Crippen molar-refractivity contribution in [2.45, 2.75) is 27.4 Å². The number of aryl methyl sites for hydroxylation is 1. The maximum atomic E-state index is 12.5. The van der Waals surface area contributed by atoms with E-state index < -0.39 is 5.97 Å². The van der Waals surface area contributed by atoms with Gasteiger partial charge in [0.15, 0.2) is 6.61 Å². The van der Waals surface area contributed by atoms with E-state index in [2.05, 4.69) is 15.5 Å². The molecule has 0 unspecified atom stereocenters. The van der Waals surface area contributed by atoms with Crippen molar-refractivity contribution in [1.82, 2.24) is 10.1 Å². The molecular weight excluding hydrogens is 390 g/mol. The van der Waals surface area contributed by atoms with Crippen LogP contribution in [0.5, 0.6) is 0 Å². The van der Waals surface area contributed by atoms with E-state index in [-0.39, 0.29) is 18.4 Å². The van der Waals surface area contributed by atoms with Gasteiger partial charge in [-0.1, -0.05) is 28.9 Å². The summed E-state index contributed by atoms with van der Waals surface area (Å²) in [6.45, 7) is 4.88. The van der Waals surface area contributed by atoms with Gasteiger partial charge in [0.25, 0.3) is 5.89 Å². The molecule has 7 nitrogen and oxygen atoms in total. The average molecular weight is 406 g/mol. The Kier molecular flexibility index (Phi) is 5.57. The molecule has 1 N–H and O–H groups in total. The van der Waals surface area contributed by atoms with Gasteiger partial charge in [-0.2, -0.15) is 4.98 Å². The Morgan fingerprint density at radius 1 is 1.33 bits per heavy atom. The van der Waals surface area contributed by atoms with Gasteiger partial charge < -0.3 is 14.6 Å². The zero-order valence-corrected chi connectivity index (χ0v) is 16.4. The van der Waals surface area contributed by atoms with E-state index in [1.54, 1.807) is 31.2 Å². The standard InChI is InChI=1S/C18H16ClN3O4S/c1-9-10(2)27-17(20-11(3)23)15(9)18(24)25-8-14-21-16(22-26-14)12-5-4-6-13(19)7-12/h4-7H,8H2,1-3H3,(H,20,23). The normalized spacial score (nSPS) is 10.7. The molecule has 0 atom stereocenters. The molecule has 0 spiro atoms. The molecule has 2 aromatic heterocycles. The molecule has 140 valence electrons. The number of esters is 1. The molecular formula is C18H16ClN3O4S. The van der Waals surface area contributed by atoms with Crippen molar-refractivity contribution in [2.75, 3.05) is 5.32 Å². The molecule has 0 fully saturated rings. The van der Waals surface area contributed by atoms with Gasteiger partial charge in [0, 0.05) is 22.4 Å². The number of hydrogen-bond acceptors (Lipinski definition) is 7. The van der Waals surface area contributed by atoms with Gasteiger partial charge in [0.1, 0.15) is 5.00 Å². The molecule has 3 rings (SSSR count). The first-order valence-corrected chi connectivity index (χ1v) is 9.18. The van der Waals surface area contributed by atoms with Gasteiger partial charge >= 0.3 is 5.97 Å². The van der Waals surface area contributed by atoms with Gasteiger partial charge in [0.2, 0.25) is 11.7 Å². The van der Waals surface area contributed by atoms with E-state index in [1.807, 2.05) is 6.92 Å². The summed E-state index contributed by atoms with van der Waals surface area (Å²) in [5.41, 5.74) is 1.79. The van der Waals surface area contributed by atoms with Gasteiger partial charge in [-0.3, -0.25) is 4.79 Å². The third kappa shape index (κ3) is 4.35. The summed E-state index contributed by atoms with van der Waals surface area (Å²) in [6.07, 6.45) is 0. The van der Waals surface area contributed by atoms with Gasteiger partial charge in [-0.05, 0) is 31.5 Å². The third-order valence-corrected chi connectivity index (χ3v) is 5.11. The molecule has 2 heterocycles. The number of hydrogen-bond donors (Lipinski definition) is 1. The third-order valence-electron chi connectivity index (χ3n) is 3.76. The van der Waals surface area contributed by atoms with Gasteiger partial charge in [0.05, 0.1) is 5.56 Å². The van der Waals surface area contributed by atoms with Crippen LogP contribution in [0, 0.1) is 13.8 Å². The van der Waals surface area contributed by atoms with Crippen LogP contribution in [0.1, 0.15) is 33.6 Å². The number of halogens is 1. The number of aromatic nitrogens is 2. The van der Waals surface area contributed by atoms with Crippen molar-refractivity contribution < 1.29 is 18.8 Å². The number of thiophene rings is 1. The Morgan fingerprint density at radius 2 is 2.11 bits per heavy atom. The Balaban J connectivity index is 1.73. The lowest BCUT2D eigenvalue weighted by molar-refractivity contribution is -0.114. The molecule has 27 heavy (non-hydrogen) atoms. The summed E-state index contributed by atoms with van der Waals surface area (Å²) in [6, 6.07) is 7.02. The zero-order chi connectivity index (χ0) is 19.6. The number of nitrogens with zero attached hydrogens (tertiary/aromatic N) is 2. The van der Waals surface area contributed by atoms with Crippen LogP contribution in [-0.4, -0.2) is 22.0 Å². The van der Waals surface area contributed by atoms with Crippen LogP contribution in [0.25, 0.3) is 11.4 Å². The molecule has 9 heteroatoms. The monoisotopic (exact) mass is 405 g/mol. The number of ether oxygens (including phenoxy) is 1. The fraction of sp³-hybridized carbons (Fsp3) is 0.222. The van der Waals surface area contributed by atoms with Crippen molar-refractivity contribution in [3.63, 3.8) is 0 Å². The first kappa shape index (κ1) is 19.1. The van der Waals surface area contributed by atoms with E-state index in [9.17, 15) is 9.59 Å². The number of carbonyl (C=O) groups excluding carboxylic acids is 2. The molecule has 0 aliphatic heterocycles. The van der Waals surface area contributed by atoms with E-state index in [0.29, 0.717) is 27.0 Å². The summed E-state index contributed by atoms with van der Waals surface area (Å²) in [7, 11) is 0. The molecule has 3 aromatic rings. The Bertz CT molecular complexity index is 1010. The maximum Gasteiger partial charge on any atom is 0.341 e. The summed E-state index contributed by atoms with van der Waals surface area (Å²) < 4.78 is 10.4. The minimum Gasteiger partial charge on any atom is -0.452 e. The molecule has 0 aliphatic rings. The number of anilines is 1. The highest BCUT2D eigenvalue weighted by Crippen LogP contribution is 2.33. The Hall–Kier alpha value is -2.71. The molecule has 0 saturated carbocycles.